The van der Waals surface area contributed by atoms with Gasteiger partial charge in [-0.15, -0.1) is 0 Å². The van der Waals surface area contributed by atoms with E-state index in [1.165, 1.54) is 12.8 Å². The molecule has 0 saturated heterocycles. The minimum absolute atomic E-state index is 0.228. The minimum atomic E-state index is -0.352. The third-order valence-electron chi connectivity index (χ3n) is 4.64. The van der Waals surface area contributed by atoms with Crippen molar-refractivity contribution in [2.45, 2.75) is 51.0 Å². The number of Topliss-reactive ketones (excluding diaryl/α,β-unsaturated/α-hetero) is 1. The number of ketones is 1. The molecule has 0 atom stereocenters. The lowest BCUT2D eigenvalue weighted by Gasteiger charge is -2.38. The summed E-state index contributed by atoms with van der Waals surface area (Å²) in [6, 6.07) is 5.69. The Morgan fingerprint density at radius 2 is 1.75 bits per heavy atom. The van der Waals surface area contributed by atoms with Gasteiger partial charge in [0.05, 0.1) is 5.54 Å². The molecular weight excluding hydrogens is 270 g/mol. The Balaban J connectivity index is 2.37. The van der Waals surface area contributed by atoms with Gasteiger partial charge in [0.2, 0.25) is 0 Å². The predicted molar refractivity (Wildman–Crippen MR) is 84.6 cm³/mol. The van der Waals surface area contributed by atoms with E-state index in [1.54, 1.807) is 0 Å². The van der Waals surface area contributed by atoms with E-state index in [9.17, 15) is 4.79 Å². The molecule has 0 unspecified atom stereocenters. The molecule has 0 aromatic heterocycles. The highest BCUT2D eigenvalue weighted by atomic mass is 35.5. The number of carbonyl (C=O) groups excluding carboxylic acids is 1. The van der Waals surface area contributed by atoms with Gasteiger partial charge in [-0.1, -0.05) is 49.4 Å². The van der Waals surface area contributed by atoms with E-state index >= 15 is 0 Å². The summed E-state index contributed by atoms with van der Waals surface area (Å²) in [5, 5.41) is 0.679. The first-order chi connectivity index (χ1) is 9.47. The molecule has 0 bridgehead atoms. The number of hydrogen-bond acceptors (Lipinski definition) is 2. The number of halogens is 1. The van der Waals surface area contributed by atoms with Gasteiger partial charge in [0.1, 0.15) is 0 Å². The maximum absolute atomic E-state index is 13.1. The van der Waals surface area contributed by atoms with E-state index in [2.05, 4.69) is 4.90 Å². The van der Waals surface area contributed by atoms with Crippen molar-refractivity contribution in [3.63, 3.8) is 0 Å². The zero-order valence-corrected chi connectivity index (χ0v) is 13.5. The SMILES string of the molecule is Cc1ccc(C(=O)C2(N(C)C)CCCCCC2)cc1Cl. The summed E-state index contributed by atoms with van der Waals surface area (Å²) < 4.78 is 0. The van der Waals surface area contributed by atoms with E-state index in [0.29, 0.717) is 5.02 Å². The maximum Gasteiger partial charge on any atom is 0.183 e. The van der Waals surface area contributed by atoms with E-state index in [4.69, 9.17) is 11.6 Å². The Kier molecular flexibility index (Phi) is 4.87. The number of aryl methyl sites for hydroxylation is 1. The average Bonchev–Trinajstić information content (AvgIpc) is 2.67. The third-order valence-corrected chi connectivity index (χ3v) is 5.05. The standard InChI is InChI=1S/C17H24ClNO/c1-13-8-9-14(12-15(13)18)16(20)17(19(2)3)10-6-4-5-7-11-17/h8-9,12H,4-7,10-11H2,1-3H3. The first kappa shape index (κ1) is 15.5. The molecule has 0 aliphatic heterocycles. The number of likely N-dealkylation sites (N-methyl/N-ethyl adjacent to an activating group) is 1. The molecule has 1 aliphatic carbocycles. The minimum Gasteiger partial charge on any atom is -0.297 e. The fraction of sp³-hybridized carbons (Fsp3) is 0.588. The summed E-state index contributed by atoms with van der Waals surface area (Å²) in [5.74, 6) is 0.228. The van der Waals surface area contributed by atoms with E-state index in [0.717, 1.165) is 36.8 Å². The van der Waals surface area contributed by atoms with Crippen molar-refractivity contribution in [3.8, 4) is 0 Å². The van der Waals surface area contributed by atoms with Crippen LogP contribution in [-0.4, -0.2) is 30.3 Å². The molecule has 2 nitrogen and oxygen atoms in total. The molecule has 0 radical (unpaired) electrons. The van der Waals surface area contributed by atoms with Crippen molar-refractivity contribution in [1.82, 2.24) is 4.90 Å². The molecule has 1 aliphatic rings. The van der Waals surface area contributed by atoms with Crippen molar-refractivity contribution >= 4 is 17.4 Å². The van der Waals surface area contributed by atoms with Crippen LogP contribution in [0.2, 0.25) is 5.02 Å². The topological polar surface area (TPSA) is 20.3 Å². The van der Waals surface area contributed by atoms with Crippen LogP contribution in [0.25, 0.3) is 0 Å². The van der Waals surface area contributed by atoms with Gasteiger partial charge in [0, 0.05) is 10.6 Å². The largest absolute Gasteiger partial charge is 0.297 e. The summed E-state index contributed by atoms with van der Waals surface area (Å²) in [4.78, 5) is 15.2. The van der Waals surface area contributed by atoms with E-state index in [1.807, 2.05) is 39.2 Å². The maximum atomic E-state index is 13.1. The Hall–Kier alpha value is -0.860. The van der Waals surface area contributed by atoms with Crippen LogP contribution < -0.4 is 0 Å². The normalized spacial score (nSPS) is 18.9. The second kappa shape index (κ2) is 6.28. The van der Waals surface area contributed by atoms with Gasteiger partial charge in [0.15, 0.2) is 5.78 Å². The van der Waals surface area contributed by atoms with Crippen LogP contribution in [0.1, 0.15) is 54.4 Å². The number of rotatable bonds is 3. The molecule has 20 heavy (non-hydrogen) atoms. The van der Waals surface area contributed by atoms with Gasteiger partial charge < -0.3 is 0 Å². The highest BCUT2D eigenvalue weighted by Gasteiger charge is 2.40. The Bertz CT molecular complexity index is 488. The zero-order valence-electron chi connectivity index (χ0n) is 12.7. The summed E-state index contributed by atoms with van der Waals surface area (Å²) in [7, 11) is 4.05. The van der Waals surface area contributed by atoms with Gasteiger partial charge in [-0.3, -0.25) is 9.69 Å². The fourth-order valence-electron chi connectivity index (χ4n) is 3.19. The van der Waals surface area contributed by atoms with Gasteiger partial charge >= 0.3 is 0 Å². The van der Waals surface area contributed by atoms with Gasteiger partial charge in [0.25, 0.3) is 0 Å². The lowest BCUT2D eigenvalue weighted by atomic mass is 9.81. The molecule has 110 valence electrons. The zero-order chi connectivity index (χ0) is 14.8. The third kappa shape index (κ3) is 2.91. The summed E-state index contributed by atoms with van der Waals surface area (Å²) in [6.45, 7) is 1.96. The molecule has 0 heterocycles. The Labute approximate surface area is 127 Å². The number of hydrogen-bond donors (Lipinski definition) is 0. The number of benzene rings is 1. The molecule has 1 saturated carbocycles. The Morgan fingerprint density at radius 1 is 1.15 bits per heavy atom. The fourth-order valence-corrected chi connectivity index (χ4v) is 3.37. The molecule has 1 aromatic carbocycles. The molecular formula is C17H24ClNO. The van der Waals surface area contributed by atoms with Crippen molar-refractivity contribution in [3.05, 3.63) is 34.3 Å². The van der Waals surface area contributed by atoms with Crippen molar-refractivity contribution in [1.29, 1.82) is 0 Å². The average molecular weight is 294 g/mol. The van der Waals surface area contributed by atoms with E-state index < -0.39 is 0 Å². The monoisotopic (exact) mass is 293 g/mol. The number of carbonyl (C=O) groups is 1. The summed E-state index contributed by atoms with van der Waals surface area (Å²) in [6.07, 6.45) is 6.62. The predicted octanol–water partition coefficient (Wildman–Crippen LogP) is 4.49. The van der Waals surface area contributed by atoms with Crippen LogP contribution in [0.15, 0.2) is 18.2 Å². The highest BCUT2D eigenvalue weighted by molar-refractivity contribution is 6.31. The summed E-state index contributed by atoms with van der Waals surface area (Å²) >= 11 is 6.19. The molecule has 0 spiro atoms. The van der Waals surface area contributed by atoms with Crippen LogP contribution in [0, 0.1) is 6.92 Å². The first-order valence-corrected chi connectivity index (χ1v) is 7.83. The van der Waals surface area contributed by atoms with Crippen molar-refractivity contribution < 1.29 is 4.79 Å². The van der Waals surface area contributed by atoms with Crippen LogP contribution in [-0.2, 0) is 0 Å². The lowest BCUT2D eigenvalue weighted by Crippen LogP contribution is -2.50. The van der Waals surface area contributed by atoms with Crippen LogP contribution in [0.4, 0.5) is 0 Å². The van der Waals surface area contributed by atoms with Gasteiger partial charge in [-0.05, 0) is 45.5 Å². The van der Waals surface area contributed by atoms with Crippen LogP contribution >= 0.6 is 11.6 Å². The van der Waals surface area contributed by atoms with E-state index in [-0.39, 0.29) is 11.3 Å². The molecule has 1 aromatic rings. The van der Waals surface area contributed by atoms with Crippen molar-refractivity contribution in [2.24, 2.45) is 0 Å². The molecule has 0 amide bonds. The molecule has 3 heteroatoms. The van der Waals surface area contributed by atoms with Gasteiger partial charge in [-0.2, -0.15) is 0 Å². The number of nitrogens with zero attached hydrogens (tertiary/aromatic N) is 1. The molecule has 0 N–H and O–H groups in total. The molecule has 2 rings (SSSR count). The Morgan fingerprint density at radius 3 is 2.25 bits per heavy atom. The smallest absolute Gasteiger partial charge is 0.183 e. The second-order valence-corrected chi connectivity index (χ2v) is 6.54. The van der Waals surface area contributed by atoms with Crippen LogP contribution in [0.3, 0.4) is 0 Å². The molecule has 1 fully saturated rings. The summed E-state index contributed by atoms with van der Waals surface area (Å²) in [5.41, 5.74) is 1.41. The second-order valence-electron chi connectivity index (χ2n) is 6.13. The van der Waals surface area contributed by atoms with Crippen molar-refractivity contribution in [2.75, 3.05) is 14.1 Å². The first-order valence-electron chi connectivity index (χ1n) is 7.46. The van der Waals surface area contributed by atoms with Crippen LogP contribution in [0.5, 0.6) is 0 Å². The quantitative estimate of drug-likeness (QED) is 0.605. The highest BCUT2D eigenvalue weighted by Crippen LogP contribution is 2.34. The lowest BCUT2D eigenvalue weighted by molar-refractivity contribution is 0.0635. The van der Waals surface area contributed by atoms with Gasteiger partial charge in [-0.25, -0.2) is 0 Å².